The molecule has 0 aliphatic rings. The fraction of sp³-hybridized carbons (Fsp3) is 0.182. The van der Waals surface area contributed by atoms with Crippen LogP contribution in [-0.4, -0.2) is 16.7 Å². The summed E-state index contributed by atoms with van der Waals surface area (Å²) in [6.45, 7) is 1.98. The van der Waals surface area contributed by atoms with Crippen molar-refractivity contribution in [1.29, 1.82) is 10.7 Å². The van der Waals surface area contributed by atoms with Gasteiger partial charge in [0, 0.05) is 0 Å². The van der Waals surface area contributed by atoms with Crippen molar-refractivity contribution in [3.63, 3.8) is 0 Å². The molecule has 6 heteroatoms. The highest BCUT2D eigenvalue weighted by Crippen LogP contribution is 2.24. The predicted octanol–water partition coefficient (Wildman–Crippen LogP) is 1.18. The van der Waals surface area contributed by atoms with E-state index in [2.05, 4.69) is 10.5 Å². The van der Waals surface area contributed by atoms with Crippen molar-refractivity contribution in [2.75, 3.05) is 5.43 Å². The van der Waals surface area contributed by atoms with Gasteiger partial charge in [-0.2, -0.15) is 10.4 Å². The first kappa shape index (κ1) is 12.5. The Kier molecular flexibility index (Phi) is 4.06. The Balaban J connectivity index is 2.96. The molecular weight excluding hydrogens is 218 g/mol. The molecule has 88 valence electrons. The Hall–Kier alpha value is -2.55. The van der Waals surface area contributed by atoms with E-state index in [1.165, 1.54) is 6.07 Å². The number of amidine groups is 1. The summed E-state index contributed by atoms with van der Waals surface area (Å²) in [5.74, 6) is -0.405. The first-order valence-electron chi connectivity index (χ1n) is 4.98. The van der Waals surface area contributed by atoms with Gasteiger partial charge in [0.25, 0.3) is 0 Å². The van der Waals surface area contributed by atoms with E-state index in [-0.39, 0.29) is 11.5 Å². The molecule has 17 heavy (non-hydrogen) atoms. The Morgan fingerprint density at radius 3 is 2.88 bits per heavy atom. The second-order valence-corrected chi connectivity index (χ2v) is 3.30. The number of phenols is 1. The molecule has 0 saturated carbocycles. The minimum atomic E-state index is -0.425. The van der Waals surface area contributed by atoms with Gasteiger partial charge < -0.3 is 10.8 Å². The summed E-state index contributed by atoms with van der Waals surface area (Å²) in [7, 11) is 0. The van der Waals surface area contributed by atoms with Crippen LogP contribution in [-0.2, 0) is 6.42 Å². The molecule has 0 radical (unpaired) electrons. The van der Waals surface area contributed by atoms with Crippen LogP contribution >= 0.6 is 0 Å². The lowest BCUT2D eigenvalue weighted by molar-refractivity contribution is 0.477. The topological polar surface area (TPSA) is 118 Å². The summed E-state index contributed by atoms with van der Waals surface area (Å²) in [6.07, 6.45) is 0.816. The zero-order valence-electron chi connectivity index (χ0n) is 9.36. The number of hydrogen-bond donors (Lipinski definition) is 4. The molecule has 0 spiro atoms. The number of anilines is 1. The highest BCUT2D eigenvalue weighted by atomic mass is 16.3. The zero-order chi connectivity index (χ0) is 12.8. The van der Waals surface area contributed by atoms with E-state index in [4.69, 9.17) is 16.4 Å². The molecule has 0 saturated heterocycles. The molecule has 0 amide bonds. The standard InChI is InChI=1S/C11H13N5O/c1-2-7-3-4-10(17)8(5-7)15-16-9(6-12)11(13)14/h3-5,15,17H,2H2,1H3,(H3,13,14)/b16-9+. The normalized spacial score (nSPS) is 10.7. The van der Waals surface area contributed by atoms with Crippen LogP contribution in [0.3, 0.4) is 0 Å². The quantitative estimate of drug-likeness (QED) is 0.269. The van der Waals surface area contributed by atoms with E-state index in [0.29, 0.717) is 5.69 Å². The largest absolute Gasteiger partial charge is 0.506 e. The number of phenolic OH excluding ortho intramolecular Hbond substituents is 1. The average molecular weight is 231 g/mol. The molecule has 0 fully saturated rings. The second kappa shape index (κ2) is 5.51. The fourth-order valence-corrected chi connectivity index (χ4v) is 1.15. The minimum Gasteiger partial charge on any atom is -0.506 e. The molecular formula is C11H13N5O. The first-order chi connectivity index (χ1) is 8.08. The third-order valence-electron chi connectivity index (χ3n) is 2.12. The van der Waals surface area contributed by atoms with Crippen LogP contribution in [0.1, 0.15) is 12.5 Å². The number of aryl methyl sites for hydroxylation is 1. The van der Waals surface area contributed by atoms with Crippen molar-refractivity contribution >= 4 is 17.2 Å². The monoisotopic (exact) mass is 231 g/mol. The number of nitrogens with two attached hydrogens (primary N) is 1. The molecule has 0 heterocycles. The molecule has 0 aliphatic heterocycles. The van der Waals surface area contributed by atoms with Gasteiger partial charge >= 0.3 is 0 Å². The van der Waals surface area contributed by atoms with Crippen LogP contribution in [0.15, 0.2) is 23.3 Å². The minimum absolute atomic E-state index is 0.0202. The second-order valence-electron chi connectivity index (χ2n) is 3.30. The number of benzene rings is 1. The predicted molar refractivity (Wildman–Crippen MR) is 66.1 cm³/mol. The van der Waals surface area contributed by atoms with E-state index in [0.717, 1.165) is 12.0 Å². The van der Waals surface area contributed by atoms with E-state index >= 15 is 0 Å². The number of nitriles is 1. The van der Waals surface area contributed by atoms with Crippen molar-refractivity contribution < 1.29 is 5.11 Å². The summed E-state index contributed by atoms with van der Waals surface area (Å²) >= 11 is 0. The molecule has 1 aromatic rings. The summed E-state index contributed by atoms with van der Waals surface area (Å²) in [6, 6.07) is 6.72. The Morgan fingerprint density at radius 2 is 2.35 bits per heavy atom. The van der Waals surface area contributed by atoms with Gasteiger partial charge in [0.1, 0.15) is 11.8 Å². The molecule has 0 aromatic heterocycles. The van der Waals surface area contributed by atoms with Gasteiger partial charge in [0.15, 0.2) is 5.84 Å². The van der Waals surface area contributed by atoms with E-state index in [1.807, 2.05) is 6.92 Å². The summed E-state index contributed by atoms with van der Waals surface area (Å²) in [5, 5.41) is 28.9. The maximum Gasteiger partial charge on any atom is 0.201 e. The lowest BCUT2D eigenvalue weighted by Gasteiger charge is -2.06. The molecule has 6 nitrogen and oxygen atoms in total. The van der Waals surface area contributed by atoms with E-state index < -0.39 is 5.84 Å². The van der Waals surface area contributed by atoms with Crippen LogP contribution in [0.4, 0.5) is 5.69 Å². The summed E-state index contributed by atoms with van der Waals surface area (Å²) in [5.41, 5.74) is 8.81. The molecule has 5 N–H and O–H groups in total. The van der Waals surface area contributed by atoms with Crippen molar-refractivity contribution in [2.45, 2.75) is 13.3 Å². The number of hydrogen-bond acceptors (Lipinski definition) is 5. The van der Waals surface area contributed by atoms with Gasteiger partial charge in [-0.05, 0) is 24.1 Å². The number of nitrogens with one attached hydrogen (secondary N) is 2. The van der Waals surface area contributed by atoms with Gasteiger partial charge in [0.2, 0.25) is 5.71 Å². The maximum atomic E-state index is 9.56. The molecule has 0 atom stereocenters. The lowest BCUT2D eigenvalue weighted by atomic mass is 10.1. The average Bonchev–Trinajstić information content (AvgIpc) is 2.31. The summed E-state index contributed by atoms with van der Waals surface area (Å²) in [4.78, 5) is 0. The Bertz CT molecular complexity index is 501. The molecule has 0 aliphatic carbocycles. The van der Waals surface area contributed by atoms with Crippen LogP contribution in [0.25, 0.3) is 0 Å². The number of nitrogens with zero attached hydrogens (tertiary/aromatic N) is 2. The van der Waals surface area contributed by atoms with Crippen molar-refractivity contribution in [3.8, 4) is 11.8 Å². The third-order valence-corrected chi connectivity index (χ3v) is 2.12. The Morgan fingerprint density at radius 1 is 1.65 bits per heavy atom. The first-order valence-corrected chi connectivity index (χ1v) is 4.98. The number of hydrazone groups is 1. The molecule has 1 aromatic carbocycles. The maximum absolute atomic E-state index is 9.56. The van der Waals surface area contributed by atoms with Gasteiger partial charge in [-0.25, -0.2) is 0 Å². The van der Waals surface area contributed by atoms with Crippen LogP contribution < -0.4 is 11.2 Å². The van der Waals surface area contributed by atoms with Crippen molar-refractivity contribution in [1.82, 2.24) is 0 Å². The van der Waals surface area contributed by atoms with Gasteiger partial charge in [-0.15, -0.1) is 0 Å². The van der Waals surface area contributed by atoms with Gasteiger partial charge in [-0.1, -0.05) is 13.0 Å². The molecule has 1 rings (SSSR count). The Labute approximate surface area is 98.9 Å². The van der Waals surface area contributed by atoms with Crippen molar-refractivity contribution in [2.24, 2.45) is 10.8 Å². The van der Waals surface area contributed by atoms with Crippen LogP contribution in [0.5, 0.6) is 5.75 Å². The van der Waals surface area contributed by atoms with Crippen LogP contribution in [0.2, 0.25) is 0 Å². The molecule has 0 bridgehead atoms. The smallest absolute Gasteiger partial charge is 0.201 e. The summed E-state index contributed by atoms with van der Waals surface area (Å²) < 4.78 is 0. The lowest BCUT2D eigenvalue weighted by Crippen LogP contribution is -2.21. The molecule has 0 unspecified atom stereocenters. The number of aromatic hydroxyl groups is 1. The highest BCUT2D eigenvalue weighted by molar-refractivity contribution is 6.45. The SMILES string of the molecule is CCc1ccc(O)c(N/N=C(\C#N)C(=N)N)c1. The number of rotatable bonds is 4. The van der Waals surface area contributed by atoms with E-state index in [1.54, 1.807) is 18.2 Å². The zero-order valence-corrected chi connectivity index (χ0v) is 9.36. The third kappa shape index (κ3) is 3.21. The van der Waals surface area contributed by atoms with Crippen molar-refractivity contribution in [3.05, 3.63) is 23.8 Å². The van der Waals surface area contributed by atoms with Gasteiger partial charge in [-0.3, -0.25) is 10.8 Å². The van der Waals surface area contributed by atoms with E-state index in [9.17, 15) is 5.11 Å². The van der Waals surface area contributed by atoms with Gasteiger partial charge in [0.05, 0.1) is 5.69 Å². The fourth-order valence-electron chi connectivity index (χ4n) is 1.15. The van der Waals surface area contributed by atoms with Crippen LogP contribution in [0, 0.1) is 16.7 Å². The highest BCUT2D eigenvalue weighted by Gasteiger charge is 2.04.